The van der Waals surface area contributed by atoms with E-state index in [2.05, 4.69) is 0 Å². The molecule has 0 spiro atoms. The van der Waals surface area contributed by atoms with Gasteiger partial charge >= 0.3 is 12.1 Å². The number of amides is 1. The van der Waals surface area contributed by atoms with Crippen molar-refractivity contribution >= 4 is 23.6 Å². The number of nitrogens with zero attached hydrogens (tertiary/aromatic N) is 3. The van der Waals surface area contributed by atoms with Crippen molar-refractivity contribution in [2.24, 2.45) is 22.7 Å². The lowest BCUT2D eigenvalue weighted by atomic mass is 9.73. The summed E-state index contributed by atoms with van der Waals surface area (Å²) in [5.74, 6) is -4.26. The zero-order valence-corrected chi connectivity index (χ0v) is 29.2. The topological polar surface area (TPSA) is 136 Å². The van der Waals surface area contributed by atoms with Crippen LogP contribution in [0.3, 0.4) is 0 Å². The van der Waals surface area contributed by atoms with Gasteiger partial charge in [-0.3, -0.25) is 14.7 Å². The molecular formula is C33H54FN3O9. The molecule has 13 heteroatoms. The molecule has 2 bridgehead atoms. The molecule has 3 fully saturated rings. The van der Waals surface area contributed by atoms with Crippen molar-refractivity contribution in [3.63, 3.8) is 0 Å². The van der Waals surface area contributed by atoms with Gasteiger partial charge in [-0.15, -0.1) is 0 Å². The quantitative estimate of drug-likeness (QED) is 0.348. The van der Waals surface area contributed by atoms with Crippen molar-refractivity contribution in [2.45, 2.75) is 134 Å². The molecule has 262 valence electrons. The number of aliphatic hydroxyl groups is 1. The van der Waals surface area contributed by atoms with Crippen LogP contribution < -0.4 is 0 Å². The summed E-state index contributed by atoms with van der Waals surface area (Å²) in [4.78, 5) is 49.3. The molecule has 0 saturated carbocycles. The Hall–Kier alpha value is -2.19. The molecule has 0 aromatic carbocycles. The summed E-state index contributed by atoms with van der Waals surface area (Å²) >= 11 is 0. The number of cyclic esters (lactones) is 1. The molecule has 4 heterocycles. The van der Waals surface area contributed by atoms with Crippen LogP contribution in [0.5, 0.6) is 0 Å². The second-order valence-electron chi connectivity index (χ2n) is 14.5. The van der Waals surface area contributed by atoms with Crippen LogP contribution in [-0.4, -0.2) is 132 Å². The van der Waals surface area contributed by atoms with Gasteiger partial charge in [0.05, 0.1) is 30.4 Å². The van der Waals surface area contributed by atoms with E-state index in [1.165, 1.54) is 14.0 Å². The van der Waals surface area contributed by atoms with E-state index >= 15 is 4.39 Å². The highest BCUT2D eigenvalue weighted by Crippen LogP contribution is 2.44. The van der Waals surface area contributed by atoms with Gasteiger partial charge in [-0.2, -0.15) is 0 Å². The highest BCUT2D eigenvalue weighted by molar-refractivity contribution is 6.08. The van der Waals surface area contributed by atoms with Gasteiger partial charge in [0.15, 0.2) is 17.7 Å². The fraction of sp³-hybridized carbons (Fsp3) is 0.879. The minimum Gasteiger partial charge on any atom is -0.455 e. The molecular weight excluding hydrogens is 601 g/mol. The zero-order valence-electron chi connectivity index (χ0n) is 29.2. The number of aliphatic hydroxyl groups excluding tert-OH is 1. The Labute approximate surface area is 272 Å². The molecule has 0 aromatic rings. The Morgan fingerprint density at radius 2 is 1.76 bits per heavy atom. The van der Waals surface area contributed by atoms with Crippen molar-refractivity contribution in [2.75, 3.05) is 34.3 Å². The molecule has 4 rings (SSSR count). The molecule has 4 aliphatic rings. The number of methoxy groups -OCH3 is 1. The summed E-state index contributed by atoms with van der Waals surface area (Å²) in [6.07, 6.45) is -4.22. The molecule has 12 nitrogen and oxygen atoms in total. The van der Waals surface area contributed by atoms with Crippen molar-refractivity contribution in [3.8, 4) is 0 Å². The first-order chi connectivity index (χ1) is 21.3. The number of carbonyl (C=O) groups is 3. The van der Waals surface area contributed by atoms with E-state index in [1.807, 2.05) is 39.8 Å². The number of hydrogen-bond donors (Lipinski definition) is 1. The number of ether oxygens (including phenoxy) is 5. The van der Waals surface area contributed by atoms with Gasteiger partial charge in [-0.1, -0.05) is 27.7 Å². The lowest BCUT2D eigenvalue weighted by Crippen LogP contribution is -2.61. The second kappa shape index (κ2) is 13.4. The monoisotopic (exact) mass is 655 g/mol. The number of aliphatic imine (C=N–C) groups is 1. The van der Waals surface area contributed by atoms with Gasteiger partial charge in [0.2, 0.25) is 0 Å². The van der Waals surface area contributed by atoms with E-state index in [-0.39, 0.29) is 36.8 Å². The van der Waals surface area contributed by atoms with Gasteiger partial charge in [0, 0.05) is 37.2 Å². The average Bonchev–Trinajstić information content (AvgIpc) is 3.11. The number of alkyl halides is 1. The van der Waals surface area contributed by atoms with Crippen molar-refractivity contribution in [1.82, 2.24) is 9.80 Å². The molecule has 3 saturated heterocycles. The van der Waals surface area contributed by atoms with Crippen LogP contribution in [0.15, 0.2) is 4.99 Å². The highest BCUT2D eigenvalue weighted by atomic mass is 19.1. The summed E-state index contributed by atoms with van der Waals surface area (Å²) in [6.45, 7) is 14.1. The summed E-state index contributed by atoms with van der Waals surface area (Å²) < 4.78 is 47.0. The number of esters is 1. The summed E-state index contributed by atoms with van der Waals surface area (Å²) in [5, 5.41) is 11.3. The summed E-state index contributed by atoms with van der Waals surface area (Å²) in [7, 11) is 5.19. The number of rotatable bonds is 5. The number of hydrogen-bond acceptors (Lipinski definition) is 11. The fourth-order valence-electron chi connectivity index (χ4n) is 8.31. The fourth-order valence-corrected chi connectivity index (χ4v) is 8.31. The van der Waals surface area contributed by atoms with Crippen LogP contribution in [0.2, 0.25) is 0 Å². The summed E-state index contributed by atoms with van der Waals surface area (Å²) in [6, 6.07) is -0.867. The normalized spacial score (nSPS) is 45.9. The smallest absolute Gasteiger partial charge is 0.410 e. The number of ketones is 1. The Balaban J connectivity index is 1.84. The third-order valence-electron chi connectivity index (χ3n) is 10.9. The van der Waals surface area contributed by atoms with Gasteiger partial charge in [0.25, 0.3) is 5.67 Å². The van der Waals surface area contributed by atoms with Crippen molar-refractivity contribution in [1.29, 1.82) is 0 Å². The molecule has 46 heavy (non-hydrogen) atoms. The van der Waals surface area contributed by atoms with Crippen LogP contribution in [0.4, 0.5) is 9.18 Å². The lowest BCUT2D eigenvalue weighted by molar-refractivity contribution is -0.295. The Morgan fingerprint density at radius 1 is 1.11 bits per heavy atom. The van der Waals surface area contributed by atoms with Gasteiger partial charge in [0.1, 0.15) is 12.2 Å². The minimum absolute atomic E-state index is 0.212. The zero-order chi connectivity index (χ0) is 34.5. The predicted octanol–water partition coefficient (Wildman–Crippen LogP) is 3.17. The molecule has 0 aliphatic carbocycles. The Kier molecular flexibility index (Phi) is 10.7. The second-order valence-corrected chi connectivity index (χ2v) is 14.5. The lowest BCUT2D eigenvalue weighted by Gasteiger charge is -2.47. The van der Waals surface area contributed by atoms with E-state index < -0.39 is 71.3 Å². The molecule has 4 aliphatic heterocycles. The van der Waals surface area contributed by atoms with Crippen LogP contribution >= 0.6 is 0 Å². The maximum absolute atomic E-state index is 16.6. The van der Waals surface area contributed by atoms with Crippen LogP contribution in [0, 0.1) is 17.8 Å². The van der Waals surface area contributed by atoms with E-state index in [0.29, 0.717) is 19.5 Å². The van der Waals surface area contributed by atoms with Crippen LogP contribution in [0.25, 0.3) is 0 Å². The number of Topliss-reactive ketones (excluding diaryl/α,β-unsaturated/α-hetero) is 1. The molecule has 1 N–H and O–H groups in total. The average molecular weight is 656 g/mol. The van der Waals surface area contributed by atoms with E-state index in [0.717, 1.165) is 12.6 Å². The molecule has 0 unspecified atom stereocenters. The largest absolute Gasteiger partial charge is 0.455 e. The SMILES string of the molecule is CC[C@H]1OC(=O)[C@@](C)(F)C(=O)[C@H](C)[C@@H](O[C@@H]2O[C@H](C)C[C@H](N(C)C)[C@H]2O)[C@@](C)(OC)C[C@@H](C)C2=NCCN3C(=O)O[C@@]1(C)[C@H]3[C@H]2C. The maximum atomic E-state index is 16.6. The first kappa shape index (κ1) is 36.6. The van der Waals surface area contributed by atoms with Gasteiger partial charge in [-0.25, -0.2) is 14.0 Å². The van der Waals surface area contributed by atoms with E-state index in [9.17, 15) is 19.5 Å². The van der Waals surface area contributed by atoms with Crippen LogP contribution in [0.1, 0.15) is 74.7 Å². The standard InChI is InChI=1S/C33H54FN3O9/c1-12-22-33(8)25-19(4)23(35-13-14-37(25)30(41)46-33)17(2)16-31(6,42-11)27(20(5)26(39)32(7,34)29(40)44-22)45-28-24(38)21(36(9)10)15-18(3)43-28/h17-22,24-25,27-28,38H,12-16H2,1-11H3/t17-,18-,19+,20+,21+,22-,24-,25-,27-,28+,31+,32+,33-/m1/s1. The van der Waals surface area contributed by atoms with Gasteiger partial charge < -0.3 is 33.7 Å². The Bertz CT molecular complexity index is 1200. The highest BCUT2D eigenvalue weighted by Gasteiger charge is 2.61. The Morgan fingerprint density at radius 3 is 2.35 bits per heavy atom. The molecule has 13 atom stereocenters. The predicted molar refractivity (Wildman–Crippen MR) is 167 cm³/mol. The number of likely N-dealkylation sites (N-methyl/N-ethyl adjacent to an activating group) is 1. The molecule has 0 aromatic heterocycles. The maximum Gasteiger partial charge on any atom is 0.410 e. The summed E-state index contributed by atoms with van der Waals surface area (Å²) in [5.41, 5.74) is -4.83. The van der Waals surface area contributed by atoms with E-state index in [4.69, 9.17) is 28.7 Å². The first-order valence-electron chi connectivity index (χ1n) is 16.5. The number of carbonyl (C=O) groups excluding carboxylic acids is 3. The number of halogens is 1. The van der Waals surface area contributed by atoms with Crippen molar-refractivity contribution in [3.05, 3.63) is 0 Å². The van der Waals surface area contributed by atoms with Crippen molar-refractivity contribution < 1.29 is 47.6 Å². The number of fused-ring (bicyclic) bond motifs is 1. The van der Waals surface area contributed by atoms with Gasteiger partial charge in [-0.05, 0) is 67.0 Å². The third-order valence-corrected chi connectivity index (χ3v) is 10.9. The molecule has 0 radical (unpaired) electrons. The third kappa shape index (κ3) is 6.34. The van der Waals surface area contributed by atoms with Crippen LogP contribution in [-0.2, 0) is 33.3 Å². The first-order valence-corrected chi connectivity index (χ1v) is 16.5. The van der Waals surface area contributed by atoms with E-state index in [1.54, 1.807) is 25.7 Å². The minimum atomic E-state index is -3.08. The molecule has 1 amide bonds.